The van der Waals surface area contributed by atoms with Crippen molar-refractivity contribution in [1.29, 1.82) is 0 Å². The lowest BCUT2D eigenvalue weighted by Gasteiger charge is -2.14. The average molecular weight is 265 g/mol. The summed E-state index contributed by atoms with van der Waals surface area (Å²) in [5, 5.41) is 9.93. The van der Waals surface area contributed by atoms with Crippen LogP contribution in [0.4, 0.5) is 8.78 Å². The van der Waals surface area contributed by atoms with Crippen molar-refractivity contribution in [2.24, 2.45) is 0 Å². The van der Waals surface area contributed by atoms with Crippen molar-refractivity contribution in [2.45, 2.75) is 19.6 Å². The molecule has 1 aromatic heterocycles. The van der Waals surface area contributed by atoms with E-state index in [1.807, 2.05) is 0 Å². The van der Waals surface area contributed by atoms with Gasteiger partial charge < -0.3 is 9.67 Å². The number of hydrogen-bond donors (Lipinski definition) is 1. The van der Waals surface area contributed by atoms with Crippen molar-refractivity contribution in [3.05, 3.63) is 69.6 Å². The molecule has 5 heteroatoms. The number of aryl methyl sites for hydroxylation is 1. The predicted molar refractivity (Wildman–Crippen MR) is 66.8 cm³/mol. The highest BCUT2D eigenvalue weighted by molar-refractivity contribution is 5.21. The number of pyridine rings is 1. The van der Waals surface area contributed by atoms with Crippen LogP contribution >= 0.6 is 0 Å². The van der Waals surface area contributed by atoms with Crippen molar-refractivity contribution < 1.29 is 13.9 Å². The first-order chi connectivity index (χ1) is 9.00. The Bertz CT molecular complexity index is 652. The maximum Gasteiger partial charge on any atom is 0.253 e. The third-order valence-electron chi connectivity index (χ3n) is 2.92. The number of nitrogens with zero attached hydrogens (tertiary/aromatic N) is 1. The molecule has 0 bridgehead atoms. The van der Waals surface area contributed by atoms with Gasteiger partial charge >= 0.3 is 0 Å². The number of halogens is 2. The summed E-state index contributed by atoms with van der Waals surface area (Å²) in [5.74, 6) is -2.11. The Labute approximate surface area is 108 Å². The van der Waals surface area contributed by atoms with Crippen LogP contribution in [-0.4, -0.2) is 9.67 Å². The van der Waals surface area contributed by atoms with Crippen molar-refractivity contribution in [3.8, 4) is 0 Å². The SMILES string of the molecule is Cc1cccn(CC(O)c2cccc(F)c2F)c1=O. The summed E-state index contributed by atoms with van der Waals surface area (Å²) in [7, 11) is 0. The summed E-state index contributed by atoms with van der Waals surface area (Å²) in [6, 6.07) is 6.89. The van der Waals surface area contributed by atoms with Crippen LogP contribution in [0.1, 0.15) is 17.2 Å². The van der Waals surface area contributed by atoms with Gasteiger partial charge in [-0.2, -0.15) is 0 Å². The van der Waals surface area contributed by atoms with Crippen LogP contribution in [0, 0.1) is 18.6 Å². The standard InChI is InChI=1S/C14H13F2NO2/c1-9-4-3-7-17(14(9)19)8-12(18)10-5-2-6-11(15)13(10)16/h2-7,12,18H,8H2,1H3. The highest BCUT2D eigenvalue weighted by Gasteiger charge is 2.16. The van der Waals surface area contributed by atoms with Gasteiger partial charge in [-0.1, -0.05) is 18.2 Å². The van der Waals surface area contributed by atoms with E-state index in [9.17, 15) is 18.7 Å². The molecule has 100 valence electrons. The van der Waals surface area contributed by atoms with E-state index in [0.717, 1.165) is 6.07 Å². The lowest BCUT2D eigenvalue weighted by molar-refractivity contribution is 0.149. The zero-order valence-corrected chi connectivity index (χ0v) is 10.3. The third-order valence-corrected chi connectivity index (χ3v) is 2.92. The van der Waals surface area contributed by atoms with E-state index in [2.05, 4.69) is 0 Å². The number of aliphatic hydroxyl groups is 1. The molecule has 1 atom stereocenters. The van der Waals surface area contributed by atoms with Crippen LogP contribution in [0.3, 0.4) is 0 Å². The zero-order chi connectivity index (χ0) is 14.0. The minimum absolute atomic E-state index is 0.124. The molecule has 0 aliphatic carbocycles. The van der Waals surface area contributed by atoms with Gasteiger partial charge in [-0.05, 0) is 19.1 Å². The first-order valence-electron chi connectivity index (χ1n) is 5.78. The number of aliphatic hydroxyl groups excluding tert-OH is 1. The summed E-state index contributed by atoms with van der Waals surface area (Å²) < 4.78 is 27.8. The van der Waals surface area contributed by atoms with Crippen LogP contribution in [0.5, 0.6) is 0 Å². The fraction of sp³-hybridized carbons (Fsp3) is 0.214. The molecule has 0 aliphatic rings. The van der Waals surface area contributed by atoms with Crippen LogP contribution in [0.2, 0.25) is 0 Å². The Morgan fingerprint density at radius 1 is 1.26 bits per heavy atom. The van der Waals surface area contributed by atoms with Gasteiger partial charge in [0.2, 0.25) is 0 Å². The Kier molecular flexibility index (Phi) is 3.76. The summed E-state index contributed by atoms with van der Waals surface area (Å²) in [5.41, 5.74) is 0.0983. The Morgan fingerprint density at radius 2 is 2.00 bits per heavy atom. The van der Waals surface area contributed by atoms with E-state index in [1.54, 1.807) is 19.1 Å². The fourth-order valence-corrected chi connectivity index (χ4v) is 1.86. The second-order valence-corrected chi connectivity index (χ2v) is 4.31. The summed E-state index contributed by atoms with van der Waals surface area (Å²) in [6.07, 6.45) is 0.214. The Balaban J connectivity index is 2.31. The van der Waals surface area contributed by atoms with E-state index in [-0.39, 0.29) is 17.7 Å². The molecule has 2 rings (SSSR count). The molecule has 0 saturated heterocycles. The highest BCUT2D eigenvalue weighted by Crippen LogP contribution is 2.20. The lowest BCUT2D eigenvalue weighted by atomic mass is 10.1. The molecule has 1 unspecified atom stereocenters. The average Bonchev–Trinajstić information content (AvgIpc) is 2.38. The molecule has 0 saturated carbocycles. The molecular formula is C14H13F2NO2. The van der Waals surface area contributed by atoms with Crippen LogP contribution in [-0.2, 0) is 6.54 Å². The summed E-state index contributed by atoms with van der Waals surface area (Å²) in [4.78, 5) is 11.8. The second kappa shape index (κ2) is 5.32. The second-order valence-electron chi connectivity index (χ2n) is 4.31. The van der Waals surface area contributed by atoms with Gasteiger partial charge in [0.05, 0.1) is 12.6 Å². The monoisotopic (exact) mass is 265 g/mol. The molecule has 19 heavy (non-hydrogen) atoms. The molecular weight excluding hydrogens is 252 g/mol. The molecule has 0 fully saturated rings. The molecule has 1 N–H and O–H groups in total. The molecule has 0 spiro atoms. The maximum atomic E-state index is 13.5. The highest BCUT2D eigenvalue weighted by atomic mass is 19.2. The predicted octanol–water partition coefficient (Wildman–Crippen LogP) is 2.17. The van der Waals surface area contributed by atoms with Crippen molar-refractivity contribution in [2.75, 3.05) is 0 Å². The van der Waals surface area contributed by atoms with Crippen molar-refractivity contribution in [1.82, 2.24) is 4.57 Å². The number of rotatable bonds is 3. The van der Waals surface area contributed by atoms with E-state index in [4.69, 9.17) is 0 Å². The number of aromatic nitrogens is 1. The molecule has 0 aliphatic heterocycles. The fourth-order valence-electron chi connectivity index (χ4n) is 1.86. The number of hydrogen-bond acceptors (Lipinski definition) is 2. The van der Waals surface area contributed by atoms with E-state index < -0.39 is 17.7 Å². The van der Waals surface area contributed by atoms with Crippen molar-refractivity contribution in [3.63, 3.8) is 0 Å². The summed E-state index contributed by atoms with van der Waals surface area (Å²) >= 11 is 0. The van der Waals surface area contributed by atoms with Gasteiger partial charge in [0.25, 0.3) is 5.56 Å². The minimum atomic E-state index is -1.28. The Morgan fingerprint density at radius 3 is 2.74 bits per heavy atom. The first-order valence-corrected chi connectivity index (χ1v) is 5.78. The summed E-state index contributed by atoms with van der Waals surface area (Å²) in [6.45, 7) is 1.52. The quantitative estimate of drug-likeness (QED) is 0.924. The van der Waals surface area contributed by atoms with Gasteiger partial charge in [0.15, 0.2) is 11.6 Å². The van der Waals surface area contributed by atoms with Crippen LogP contribution in [0.15, 0.2) is 41.3 Å². The van der Waals surface area contributed by atoms with E-state index >= 15 is 0 Å². The molecule has 3 nitrogen and oxygen atoms in total. The van der Waals surface area contributed by atoms with E-state index in [1.165, 1.54) is 22.9 Å². The first kappa shape index (κ1) is 13.4. The van der Waals surface area contributed by atoms with Crippen molar-refractivity contribution >= 4 is 0 Å². The largest absolute Gasteiger partial charge is 0.386 e. The molecule has 2 aromatic rings. The van der Waals surface area contributed by atoms with Gasteiger partial charge in [0.1, 0.15) is 0 Å². The molecule has 1 heterocycles. The Hall–Kier alpha value is -2.01. The van der Waals surface area contributed by atoms with Gasteiger partial charge in [-0.3, -0.25) is 4.79 Å². The smallest absolute Gasteiger partial charge is 0.253 e. The zero-order valence-electron chi connectivity index (χ0n) is 10.3. The van der Waals surface area contributed by atoms with Crippen LogP contribution < -0.4 is 5.56 Å². The van der Waals surface area contributed by atoms with Gasteiger partial charge in [-0.15, -0.1) is 0 Å². The molecule has 0 radical (unpaired) electrons. The number of benzene rings is 1. The maximum absolute atomic E-state index is 13.5. The normalized spacial score (nSPS) is 12.4. The van der Waals surface area contributed by atoms with E-state index in [0.29, 0.717) is 5.56 Å². The van der Waals surface area contributed by atoms with Gasteiger partial charge in [0, 0.05) is 17.3 Å². The van der Waals surface area contributed by atoms with Gasteiger partial charge in [-0.25, -0.2) is 8.78 Å². The molecule has 0 amide bonds. The van der Waals surface area contributed by atoms with Crippen LogP contribution in [0.25, 0.3) is 0 Å². The minimum Gasteiger partial charge on any atom is -0.386 e. The third kappa shape index (κ3) is 2.71. The lowest BCUT2D eigenvalue weighted by Crippen LogP contribution is -2.24. The molecule has 1 aromatic carbocycles. The topological polar surface area (TPSA) is 42.2 Å².